The molecule has 0 aromatic rings. The highest BCUT2D eigenvalue weighted by molar-refractivity contribution is 7.57. The molecule has 130 valence electrons. The van der Waals surface area contributed by atoms with Gasteiger partial charge in [-0.15, -0.1) is 0 Å². The smallest absolute Gasteiger partial charge is 0.332 e. The molecule has 0 unspecified atom stereocenters. The molecule has 0 rings (SSSR count). The van der Waals surface area contributed by atoms with Gasteiger partial charge in [0.25, 0.3) is 7.52 Å². The third-order valence-electron chi connectivity index (χ3n) is 2.50. The first-order valence-electron chi connectivity index (χ1n) is 7.40. The van der Waals surface area contributed by atoms with Crippen LogP contribution in [0.2, 0.25) is 0 Å². The second-order valence-electron chi connectivity index (χ2n) is 5.84. The Morgan fingerprint density at radius 3 is 1.86 bits per heavy atom. The second-order valence-corrected chi connectivity index (χ2v) is 8.58. The van der Waals surface area contributed by atoms with E-state index in [2.05, 4.69) is 5.09 Å². The Hall–Kier alpha value is -0.910. The van der Waals surface area contributed by atoms with E-state index in [-0.39, 0.29) is 12.2 Å². The van der Waals surface area contributed by atoms with Gasteiger partial charge in [-0.3, -0.25) is 9.36 Å². The van der Waals surface area contributed by atoms with Crippen molar-refractivity contribution < 1.29 is 28.2 Å². The van der Waals surface area contributed by atoms with Crippen molar-refractivity contribution in [3.63, 3.8) is 0 Å². The maximum atomic E-state index is 12.8. The summed E-state index contributed by atoms with van der Waals surface area (Å²) >= 11 is 0. The van der Waals surface area contributed by atoms with Gasteiger partial charge in [-0.25, -0.2) is 9.88 Å². The Bertz CT molecular complexity index is 422. The van der Waals surface area contributed by atoms with Crippen LogP contribution in [0.5, 0.6) is 0 Å². The fourth-order valence-corrected chi connectivity index (χ4v) is 3.05. The van der Waals surface area contributed by atoms with Crippen molar-refractivity contribution >= 4 is 19.5 Å². The number of hydrogen-bond donors (Lipinski definition) is 1. The Morgan fingerprint density at radius 1 is 0.955 bits per heavy atom. The Kier molecular flexibility index (Phi) is 8.89. The average Bonchev–Trinajstić information content (AvgIpc) is 2.34. The number of ether oxygens (including phenoxy) is 2. The van der Waals surface area contributed by atoms with Crippen LogP contribution in [0.25, 0.3) is 0 Å². The SMILES string of the molecule is CC(C)OC(=O)CO[P@](=O)(N[C@@H](C)C(=O)OC(C)C)C(C)C. The van der Waals surface area contributed by atoms with Gasteiger partial charge in [0.2, 0.25) is 0 Å². The molecule has 0 bridgehead atoms. The molecule has 0 aliphatic rings. The van der Waals surface area contributed by atoms with Crippen LogP contribution in [0.4, 0.5) is 0 Å². The van der Waals surface area contributed by atoms with Crippen LogP contribution in [0, 0.1) is 0 Å². The molecule has 0 radical (unpaired) electrons. The van der Waals surface area contributed by atoms with Crippen LogP contribution in [-0.4, -0.2) is 42.5 Å². The summed E-state index contributed by atoms with van der Waals surface area (Å²) in [5.41, 5.74) is -0.409. The lowest BCUT2D eigenvalue weighted by Gasteiger charge is -2.26. The molecule has 0 fully saturated rings. The first kappa shape index (κ1) is 21.1. The minimum absolute atomic E-state index is 0.267. The molecule has 0 spiro atoms. The second kappa shape index (κ2) is 9.28. The molecule has 0 saturated heterocycles. The Morgan fingerprint density at radius 2 is 1.45 bits per heavy atom. The maximum Gasteiger partial charge on any atom is 0.332 e. The number of rotatable bonds is 9. The van der Waals surface area contributed by atoms with Crippen LogP contribution in [0.1, 0.15) is 48.5 Å². The summed E-state index contributed by atoms with van der Waals surface area (Å²) in [6.07, 6.45) is -0.542. The van der Waals surface area contributed by atoms with Crippen molar-refractivity contribution in [2.75, 3.05) is 6.61 Å². The summed E-state index contributed by atoms with van der Waals surface area (Å²) in [5, 5.41) is 2.66. The van der Waals surface area contributed by atoms with Gasteiger partial charge in [-0.05, 0) is 34.6 Å². The van der Waals surface area contributed by atoms with Gasteiger partial charge in [0.1, 0.15) is 6.04 Å². The Labute approximate surface area is 132 Å². The molecule has 0 aliphatic heterocycles. The van der Waals surface area contributed by atoms with Gasteiger partial charge in [0, 0.05) is 5.66 Å². The lowest BCUT2D eigenvalue weighted by Crippen LogP contribution is -2.37. The highest BCUT2D eigenvalue weighted by atomic mass is 31.2. The standard InChI is InChI=1S/C14H28NO6P/c1-9(2)20-13(16)8-19-22(18,11(5)6)15-12(7)14(17)21-10(3)4/h9-12H,8H2,1-7H3,(H,15,18)/t12-,22-/m0/s1. The van der Waals surface area contributed by atoms with Crippen LogP contribution in [0.15, 0.2) is 0 Å². The molecular weight excluding hydrogens is 309 g/mol. The largest absolute Gasteiger partial charge is 0.462 e. The predicted molar refractivity (Wildman–Crippen MR) is 83.7 cm³/mol. The summed E-state index contributed by atoms with van der Waals surface area (Å²) < 4.78 is 28.0. The minimum atomic E-state index is -3.39. The third kappa shape index (κ3) is 7.92. The third-order valence-corrected chi connectivity index (χ3v) is 5.12. The van der Waals surface area contributed by atoms with Gasteiger partial charge < -0.3 is 14.0 Å². The first-order chi connectivity index (χ1) is 9.97. The zero-order valence-electron chi connectivity index (χ0n) is 14.4. The zero-order chi connectivity index (χ0) is 17.5. The van der Waals surface area contributed by atoms with E-state index in [4.69, 9.17) is 14.0 Å². The highest BCUT2D eigenvalue weighted by Gasteiger charge is 2.33. The molecule has 22 heavy (non-hydrogen) atoms. The molecule has 0 amide bonds. The van der Waals surface area contributed by atoms with Gasteiger partial charge in [-0.1, -0.05) is 13.8 Å². The van der Waals surface area contributed by atoms with Gasteiger partial charge in [-0.2, -0.15) is 0 Å². The van der Waals surface area contributed by atoms with E-state index in [9.17, 15) is 14.2 Å². The average molecular weight is 337 g/mol. The lowest BCUT2D eigenvalue weighted by atomic mass is 10.4. The first-order valence-corrected chi connectivity index (χ1v) is 9.09. The number of esters is 2. The number of hydrogen-bond acceptors (Lipinski definition) is 6. The van der Waals surface area contributed by atoms with Gasteiger partial charge in [0.15, 0.2) is 6.61 Å². The summed E-state index contributed by atoms with van der Waals surface area (Å²) in [6.45, 7) is 11.3. The van der Waals surface area contributed by atoms with E-state index in [1.807, 2.05) is 0 Å². The van der Waals surface area contributed by atoms with Crippen molar-refractivity contribution in [3.05, 3.63) is 0 Å². The molecule has 7 nitrogen and oxygen atoms in total. The quantitative estimate of drug-likeness (QED) is 0.510. The number of carbonyl (C=O) groups is 2. The minimum Gasteiger partial charge on any atom is -0.462 e. The monoisotopic (exact) mass is 337 g/mol. The predicted octanol–water partition coefficient (Wildman–Crippen LogP) is 2.49. The van der Waals surface area contributed by atoms with E-state index in [0.717, 1.165) is 0 Å². The summed E-state index contributed by atoms with van der Waals surface area (Å²) in [6, 6.07) is -0.809. The Balaban J connectivity index is 4.72. The van der Waals surface area contributed by atoms with Gasteiger partial charge in [0.05, 0.1) is 12.2 Å². The van der Waals surface area contributed by atoms with Crippen LogP contribution >= 0.6 is 7.52 Å². The van der Waals surface area contributed by atoms with Gasteiger partial charge >= 0.3 is 11.9 Å². The van der Waals surface area contributed by atoms with E-state index in [0.29, 0.717) is 0 Å². The molecule has 0 saturated carbocycles. The van der Waals surface area contributed by atoms with Crippen molar-refractivity contribution in [3.8, 4) is 0 Å². The van der Waals surface area contributed by atoms with E-state index < -0.39 is 37.8 Å². The molecule has 0 heterocycles. The fourth-order valence-electron chi connectivity index (χ4n) is 1.44. The summed E-state index contributed by atoms with van der Waals surface area (Å²) in [7, 11) is -3.39. The normalized spacial score (nSPS) is 15.7. The van der Waals surface area contributed by atoms with Crippen molar-refractivity contribution in [1.82, 2.24) is 5.09 Å². The number of nitrogens with one attached hydrogen (secondary N) is 1. The fraction of sp³-hybridized carbons (Fsp3) is 0.857. The molecule has 0 aliphatic carbocycles. The molecule has 0 aromatic carbocycles. The topological polar surface area (TPSA) is 90.9 Å². The molecular formula is C14H28NO6P. The van der Waals surface area contributed by atoms with Crippen LogP contribution in [-0.2, 0) is 28.2 Å². The lowest BCUT2D eigenvalue weighted by molar-refractivity contribution is -0.149. The summed E-state index contributed by atoms with van der Waals surface area (Å²) in [5.74, 6) is -1.13. The van der Waals surface area contributed by atoms with Crippen molar-refractivity contribution in [2.24, 2.45) is 0 Å². The molecule has 1 N–H and O–H groups in total. The van der Waals surface area contributed by atoms with Crippen LogP contribution < -0.4 is 5.09 Å². The van der Waals surface area contributed by atoms with Crippen LogP contribution in [0.3, 0.4) is 0 Å². The van der Waals surface area contributed by atoms with E-state index >= 15 is 0 Å². The van der Waals surface area contributed by atoms with Crippen molar-refractivity contribution in [1.29, 1.82) is 0 Å². The maximum absolute atomic E-state index is 12.8. The van der Waals surface area contributed by atoms with E-state index in [1.54, 1.807) is 41.5 Å². The number of carbonyl (C=O) groups excluding carboxylic acids is 2. The highest BCUT2D eigenvalue weighted by Crippen LogP contribution is 2.48. The summed E-state index contributed by atoms with van der Waals surface area (Å²) in [4.78, 5) is 23.3. The molecule has 0 aromatic heterocycles. The molecule has 8 heteroatoms. The molecule has 2 atom stereocenters. The van der Waals surface area contributed by atoms with E-state index in [1.165, 1.54) is 6.92 Å². The van der Waals surface area contributed by atoms with Crippen molar-refractivity contribution in [2.45, 2.75) is 72.4 Å². The zero-order valence-corrected chi connectivity index (χ0v) is 15.3.